The van der Waals surface area contributed by atoms with Crippen molar-refractivity contribution in [2.75, 3.05) is 6.61 Å². The Kier molecular flexibility index (Phi) is 4.75. The van der Waals surface area contributed by atoms with E-state index >= 15 is 0 Å². The van der Waals surface area contributed by atoms with Crippen LogP contribution in [0.2, 0.25) is 0 Å². The summed E-state index contributed by atoms with van der Waals surface area (Å²) in [7, 11) is 0. The third-order valence-corrected chi connectivity index (χ3v) is 2.85. The van der Waals surface area contributed by atoms with Crippen LogP contribution in [0.3, 0.4) is 0 Å². The smallest absolute Gasteiger partial charge is 0.0786 e. The molecule has 2 nitrogen and oxygen atoms in total. The first-order valence-corrected chi connectivity index (χ1v) is 6.14. The van der Waals surface area contributed by atoms with E-state index in [1.54, 1.807) is 0 Å². The van der Waals surface area contributed by atoms with Gasteiger partial charge in [0.15, 0.2) is 0 Å². The molecule has 1 rings (SSSR count). The van der Waals surface area contributed by atoms with Gasteiger partial charge in [0.2, 0.25) is 0 Å². The summed E-state index contributed by atoms with van der Waals surface area (Å²) < 4.78 is 5.92. The number of ether oxygens (including phenoxy) is 1. The fourth-order valence-corrected chi connectivity index (χ4v) is 1.77. The number of hydrogen-bond donors (Lipinski definition) is 1. The first-order valence-electron chi connectivity index (χ1n) is 6.14. The van der Waals surface area contributed by atoms with E-state index in [0.717, 1.165) is 6.42 Å². The summed E-state index contributed by atoms with van der Waals surface area (Å²) in [6.07, 6.45) is 9.05. The van der Waals surface area contributed by atoms with Crippen LogP contribution in [-0.2, 0) is 4.74 Å². The van der Waals surface area contributed by atoms with E-state index in [-0.39, 0.29) is 11.6 Å². The fraction of sp³-hybridized carbons (Fsp3) is 0.714. The Morgan fingerprint density at radius 3 is 2.75 bits per heavy atom. The molecule has 1 aliphatic carbocycles. The molecule has 0 saturated carbocycles. The molecule has 0 amide bonds. The molecular formula is C14H25NO. The Labute approximate surface area is 99.6 Å². The Morgan fingerprint density at radius 2 is 2.12 bits per heavy atom. The number of rotatable bonds is 3. The van der Waals surface area contributed by atoms with Crippen molar-refractivity contribution in [3.05, 3.63) is 23.8 Å². The zero-order valence-electron chi connectivity index (χ0n) is 11.0. The highest BCUT2D eigenvalue weighted by Gasteiger charge is 2.18. The molecule has 0 heterocycles. The lowest BCUT2D eigenvalue weighted by Crippen LogP contribution is -2.39. The summed E-state index contributed by atoms with van der Waals surface area (Å²) >= 11 is 0. The molecule has 0 aliphatic heterocycles. The van der Waals surface area contributed by atoms with Crippen molar-refractivity contribution >= 4 is 0 Å². The maximum Gasteiger partial charge on any atom is 0.0786 e. The highest BCUT2D eigenvalue weighted by Crippen LogP contribution is 2.21. The fourth-order valence-electron chi connectivity index (χ4n) is 1.77. The minimum absolute atomic E-state index is 0.232. The Morgan fingerprint density at radius 1 is 1.44 bits per heavy atom. The van der Waals surface area contributed by atoms with E-state index in [0.29, 0.717) is 12.5 Å². The standard InChI is InChI=1S/C14H25NO/c1-11-6-5-7-12(2)13(9-8-11)16-10-14(3,4)15/h5-7,11,13H,8-10,15H2,1-4H3/b6-5-,12-7-. The highest BCUT2D eigenvalue weighted by molar-refractivity contribution is 5.16. The van der Waals surface area contributed by atoms with Crippen LogP contribution >= 0.6 is 0 Å². The van der Waals surface area contributed by atoms with E-state index < -0.39 is 0 Å². The lowest BCUT2D eigenvalue weighted by molar-refractivity contribution is 0.0413. The van der Waals surface area contributed by atoms with E-state index in [9.17, 15) is 0 Å². The lowest BCUT2D eigenvalue weighted by Gasteiger charge is -2.26. The van der Waals surface area contributed by atoms with E-state index in [2.05, 4.69) is 32.1 Å². The van der Waals surface area contributed by atoms with Crippen LogP contribution in [0.5, 0.6) is 0 Å². The van der Waals surface area contributed by atoms with Gasteiger partial charge in [-0.2, -0.15) is 0 Å². The maximum absolute atomic E-state index is 5.94. The van der Waals surface area contributed by atoms with Gasteiger partial charge in [-0.05, 0) is 45.1 Å². The van der Waals surface area contributed by atoms with Crippen LogP contribution in [0, 0.1) is 5.92 Å². The molecule has 1 aliphatic rings. The van der Waals surface area contributed by atoms with Gasteiger partial charge < -0.3 is 10.5 Å². The van der Waals surface area contributed by atoms with Crippen molar-refractivity contribution in [1.82, 2.24) is 0 Å². The highest BCUT2D eigenvalue weighted by atomic mass is 16.5. The van der Waals surface area contributed by atoms with Gasteiger partial charge in [-0.25, -0.2) is 0 Å². The van der Waals surface area contributed by atoms with Crippen molar-refractivity contribution in [1.29, 1.82) is 0 Å². The van der Waals surface area contributed by atoms with Crippen molar-refractivity contribution in [3.8, 4) is 0 Å². The summed E-state index contributed by atoms with van der Waals surface area (Å²) in [6, 6.07) is 0. The zero-order valence-corrected chi connectivity index (χ0v) is 11.0. The van der Waals surface area contributed by atoms with Crippen LogP contribution in [0.25, 0.3) is 0 Å². The molecular weight excluding hydrogens is 198 g/mol. The number of hydrogen-bond acceptors (Lipinski definition) is 2. The second kappa shape index (κ2) is 5.65. The number of nitrogens with two attached hydrogens (primary N) is 1. The monoisotopic (exact) mass is 223 g/mol. The van der Waals surface area contributed by atoms with Crippen LogP contribution in [-0.4, -0.2) is 18.2 Å². The van der Waals surface area contributed by atoms with Gasteiger partial charge in [0, 0.05) is 5.54 Å². The molecule has 2 N–H and O–H groups in total. The summed E-state index contributed by atoms with van der Waals surface area (Å²) in [5.74, 6) is 0.640. The van der Waals surface area contributed by atoms with Gasteiger partial charge >= 0.3 is 0 Å². The summed E-state index contributed by atoms with van der Waals surface area (Å²) in [5, 5.41) is 0. The first kappa shape index (κ1) is 13.5. The average Bonchev–Trinajstić information content (AvgIpc) is 2.13. The molecule has 0 saturated heterocycles. The topological polar surface area (TPSA) is 35.2 Å². The molecule has 0 aromatic rings. The lowest BCUT2D eigenvalue weighted by atomic mass is 9.95. The van der Waals surface area contributed by atoms with Gasteiger partial charge in [-0.1, -0.05) is 25.2 Å². The molecule has 0 aromatic heterocycles. The summed E-state index contributed by atoms with van der Waals surface area (Å²) in [6.45, 7) is 8.99. The Balaban J connectivity index is 2.57. The second-order valence-corrected chi connectivity index (χ2v) is 5.64. The molecule has 2 unspecified atom stereocenters. The molecule has 16 heavy (non-hydrogen) atoms. The molecule has 2 atom stereocenters. The Hall–Kier alpha value is -0.600. The molecule has 2 heteroatoms. The van der Waals surface area contributed by atoms with E-state index in [4.69, 9.17) is 10.5 Å². The third-order valence-electron chi connectivity index (χ3n) is 2.85. The van der Waals surface area contributed by atoms with Gasteiger partial charge in [0.05, 0.1) is 12.7 Å². The average molecular weight is 223 g/mol. The molecule has 92 valence electrons. The zero-order chi connectivity index (χ0) is 12.2. The first-order chi connectivity index (χ1) is 7.38. The van der Waals surface area contributed by atoms with Crippen molar-refractivity contribution < 1.29 is 4.74 Å². The summed E-state index contributed by atoms with van der Waals surface area (Å²) in [5.41, 5.74) is 6.99. The molecule has 0 spiro atoms. The molecule has 0 radical (unpaired) electrons. The second-order valence-electron chi connectivity index (χ2n) is 5.64. The predicted octanol–water partition coefficient (Wildman–Crippen LogP) is 3.04. The van der Waals surface area contributed by atoms with Crippen molar-refractivity contribution in [2.24, 2.45) is 11.7 Å². The largest absolute Gasteiger partial charge is 0.372 e. The van der Waals surface area contributed by atoms with Gasteiger partial charge in [-0.15, -0.1) is 0 Å². The van der Waals surface area contributed by atoms with Crippen LogP contribution in [0.15, 0.2) is 23.8 Å². The minimum Gasteiger partial charge on any atom is -0.372 e. The van der Waals surface area contributed by atoms with E-state index in [1.165, 1.54) is 12.0 Å². The molecule has 0 aromatic carbocycles. The normalized spacial score (nSPS) is 32.4. The van der Waals surface area contributed by atoms with Crippen molar-refractivity contribution in [3.63, 3.8) is 0 Å². The molecule has 0 bridgehead atoms. The quantitative estimate of drug-likeness (QED) is 0.798. The SMILES string of the molecule is C/C1=C/C=C\C(C)CCC1OCC(C)(C)N. The van der Waals surface area contributed by atoms with Gasteiger partial charge in [0.1, 0.15) is 0 Å². The van der Waals surface area contributed by atoms with Crippen LogP contribution in [0.1, 0.15) is 40.5 Å². The third kappa shape index (κ3) is 4.95. The van der Waals surface area contributed by atoms with Gasteiger partial charge in [-0.3, -0.25) is 0 Å². The summed E-state index contributed by atoms with van der Waals surface area (Å²) in [4.78, 5) is 0. The Bertz CT molecular complexity index is 273. The van der Waals surface area contributed by atoms with Crippen LogP contribution < -0.4 is 5.73 Å². The minimum atomic E-state index is -0.246. The maximum atomic E-state index is 5.94. The number of allylic oxidation sites excluding steroid dienone is 3. The molecule has 0 fully saturated rings. The van der Waals surface area contributed by atoms with E-state index in [1.807, 2.05) is 13.8 Å². The van der Waals surface area contributed by atoms with Crippen molar-refractivity contribution in [2.45, 2.75) is 52.2 Å². The predicted molar refractivity (Wildman–Crippen MR) is 69.3 cm³/mol. The van der Waals surface area contributed by atoms with Crippen LogP contribution in [0.4, 0.5) is 0 Å². The van der Waals surface area contributed by atoms with Gasteiger partial charge in [0.25, 0.3) is 0 Å².